The van der Waals surface area contributed by atoms with Crippen molar-refractivity contribution in [2.45, 2.75) is 20.3 Å². The van der Waals surface area contributed by atoms with Crippen LogP contribution >= 0.6 is 0 Å². The number of nitrogens with zero attached hydrogens (tertiary/aromatic N) is 1. The highest BCUT2D eigenvalue weighted by molar-refractivity contribution is 6.14. The summed E-state index contributed by atoms with van der Waals surface area (Å²) in [5.41, 5.74) is 0.936. The van der Waals surface area contributed by atoms with Crippen molar-refractivity contribution in [1.82, 2.24) is 4.90 Å². The minimum atomic E-state index is -0.661. The van der Waals surface area contributed by atoms with Crippen molar-refractivity contribution in [3.05, 3.63) is 71.3 Å². The summed E-state index contributed by atoms with van der Waals surface area (Å²) in [4.78, 5) is 39.5. The molecule has 0 aliphatic carbocycles. The minimum absolute atomic E-state index is 0.171. The lowest BCUT2D eigenvalue weighted by Crippen LogP contribution is -2.44. The Hall–Kier alpha value is -2.95. The van der Waals surface area contributed by atoms with Gasteiger partial charge in [0.05, 0.1) is 5.56 Å². The second-order valence-electron chi connectivity index (χ2n) is 7.56. The van der Waals surface area contributed by atoms with Gasteiger partial charge in [-0.15, -0.1) is 0 Å². The Morgan fingerprint density at radius 3 is 2.11 bits per heavy atom. The van der Waals surface area contributed by atoms with E-state index >= 15 is 0 Å². The molecule has 2 aromatic rings. The third-order valence-corrected chi connectivity index (χ3v) is 4.98. The number of hydrogen-bond acceptors (Lipinski definition) is 4. The molecule has 1 heterocycles. The van der Waals surface area contributed by atoms with Crippen molar-refractivity contribution in [3.63, 3.8) is 0 Å². The number of carbonyl (C=O) groups is 3. The van der Waals surface area contributed by atoms with Crippen molar-refractivity contribution in [1.29, 1.82) is 0 Å². The van der Waals surface area contributed by atoms with Gasteiger partial charge in [0, 0.05) is 24.2 Å². The predicted molar refractivity (Wildman–Crippen MR) is 106 cm³/mol. The van der Waals surface area contributed by atoms with E-state index < -0.39 is 5.97 Å². The van der Waals surface area contributed by atoms with Gasteiger partial charge in [0.1, 0.15) is 0 Å². The number of piperidine rings is 1. The average Bonchev–Trinajstić information content (AvgIpc) is 2.71. The molecule has 28 heavy (non-hydrogen) atoms. The van der Waals surface area contributed by atoms with Crippen LogP contribution in [0.2, 0.25) is 0 Å². The second kappa shape index (κ2) is 8.83. The molecule has 3 rings (SSSR count). The lowest BCUT2D eigenvalue weighted by atomic mass is 9.92. The largest absolute Gasteiger partial charge is 0.452 e. The number of carbonyl (C=O) groups excluding carboxylic acids is 3. The molecule has 5 heteroatoms. The van der Waals surface area contributed by atoms with Crippen LogP contribution in [0.5, 0.6) is 0 Å². The third kappa shape index (κ3) is 4.66. The molecule has 0 radical (unpaired) electrons. The third-order valence-electron chi connectivity index (χ3n) is 4.98. The summed E-state index contributed by atoms with van der Waals surface area (Å²) in [6, 6.07) is 15.3. The molecule has 1 fully saturated rings. The summed E-state index contributed by atoms with van der Waals surface area (Å²) in [6.45, 7) is 5.29. The normalized spacial score (nSPS) is 19.1. The fourth-order valence-corrected chi connectivity index (χ4v) is 3.77. The molecule has 0 bridgehead atoms. The van der Waals surface area contributed by atoms with Gasteiger partial charge in [0.15, 0.2) is 12.4 Å². The quantitative estimate of drug-likeness (QED) is 0.588. The number of esters is 1. The molecule has 0 N–H and O–H groups in total. The lowest BCUT2D eigenvalue weighted by molar-refractivity contribution is -0.137. The standard InChI is InChI=1S/C23H25NO4/c1-16-12-17(2)14-24(13-16)21(25)15-28-23(27)20-11-7-6-10-19(20)22(26)18-8-4-3-5-9-18/h3-11,16-17H,12-15H2,1-2H3/t16-,17-/m0/s1. The molecule has 1 aliphatic rings. The second-order valence-corrected chi connectivity index (χ2v) is 7.56. The van der Waals surface area contributed by atoms with E-state index in [2.05, 4.69) is 13.8 Å². The highest BCUT2D eigenvalue weighted by Gasteiger charge is 2.26. The Balaban J connectivity index is 1.68. The van der Waals surface area contributed by atoms with Crippen molar-refractivity contribution in [2.75, 3.05) is 19.7 Å². The summed E-state index contributed by atoms with van der Waals surface area (Å²) >= 11 is 0. The predicted octanol–water partition coefficient (Wildman–Crippen LogP) is 3.58. The zero-order valence-corrected chi connectivity index (χ0v) is 16.3. The maximum absolute atomic E-state index is 12.7. The first-order valence-corrected chi connectivity index (χ1v) is 9.59. The van der Waals surface area contributed by atoms with Gasteiger partial charge in [0.25, 0.3) is 5.91 Å². The molecular weight excluding hydrogens is 354 g/mol. The smallest absolute Gasteiger partial charge is 0.339 e. The van der Waals surface area contributed by atoms with E-state index in [0.717, 1.165) is 6.42 Å². The van der Waals surface area contributed by atoms with Crippen LogP contribution in [0.1, 0.15) is 46.5 Å². The summed E-state index contributed by atoms with van der Waals surface area (Å²) in [6.07, 6.45) is 1.10. The van der Waals surface area contributed by atoms with Crippen LogP contribution in [0.25, 0.3) is 0 Å². The van der Waals surface area contributed by atoms with E-state index in [1.165, 1.54) is 0 Å². The highest BCUT2D eigenvalue weighted by atomic mass is 16.5. The molecule has 5 nitrogen and oxygen atoms in total. The Morgan fingerprint density at radius 2 is 1.46 bits per heavy atom. The number of ketones is 1. The van der Waals surface area contributed by atoms with E-state index in [1.807, 2.05) is 6.07 Å². The zero-order chi connectivity index (χ0) is 20.1. The molecule has 1 amide bonds. The van der Waals surface area contributed by atoms with Gasteiger partial charge in [-0.05, 0) is 24.3 Å². The Kier molecular flexibility index (Phi) is 6.24. The summed E-state index contributed by atoms with van der Waals surface area (Å²) in [5, 5.41) is 0. The summed E-state index contributed by atoms with van der Waals surface area (Å²) < 4.78 is 5.26. The average molecular weight is 379 g/mol. The van der Waals surface area contributed by atoms with Gasteiger partial charge in [-0.25, -0.2) is 4.79 Å². The number of hydrogen-bond donors (Lipinski definition) is 0. The summed E-state index contributed by atoms with van der Waals surface area (Å²) in [5.74, 6) is -0.233. The number of rotatable bonds is 5. The van der Waals surface area contributed by atoms with Crippen molar-refractivity contribution >= 4 is 17.7 Å². The van der Waals surface area contributed by atoms with Crippen LogP contribution in [-0.4, -0.2) is 42.3 Å². The first kappa shape index (κ1) is 19.8. The van der Waals surface area contributed by atoms with Crippen LogP contribution in [0.3, 0.4) is 0 Å². The number of likely N-dealkylation sites (tertiary alicyclic amines) is 1. The molecule has 1 aliphatic heterocycles. The van der Waals surface area contributed by atoms with Crippen molar-refractivity contribution in [3.8, 4) is 0 Å². The van der Waals surface area contributed by atoms with Crippen LogP contribution in [0.4, 0.5) is 0 Å². The number of ether oxygens (including phenoxy) is 1. The monoisotopic (exact) mass is 379 g/mol. The molecule has 0 unspecified atom stereocenters. The molecule has 1 saturated heterocycles. The van der Waals surface area contributed by atoms with Gasteiger partial charge in [-0.2, -0.15) is 0 Å². The van der Waals surface area contributed by atoms with Gasteiger partial charge in [-0.3, -0.25) is 9.59 Å². The topological polar surface area (TPSA) is 63.7 Å². The molecule has 2 atom stereocenters. The lowest BCUT2D eigenvalue weighted by Gasteiger charge is -2.34. The van der Waals surface area contributed by atoms with E-state index in [0.29, 0.717) is 30.5 Å². The first-order valence-electron chi connectivity index (χ1n) is 9.59. The first-order chi connectivity index (χ1) is 13.5. The van der Waals surface area contributed by atoms with Crippen LogP contribution in [-0.2, 0) is 9.53 Å². The zero-order valence-electron chi connectivity index (χ0n) is 16.3. The van der Waals surface area contributed by atoms with Crippen molar-refractivity contribution < 1.29 is 19.1 Å². The van der Waals surface area contributed by atoms with Gasteiger partial charge >= 0.3 is 5.97 Å². The van der Waals surface area contributed by atoms with Crippen LogP contribution in [0.15, 0.2) is 54.6 Å². The fourth-order valence-electron chi connectivity index (χ4n) is 3.77. The SMILES string of the molecule is C[C@H]1C[C@H](C)CN(C(=O)COC(=O)c2ccccc2C(=O)c2ccccc2)C1. The molecule has 146 valence electrons. The van der Waals surface area contributed by atoms with E-state index in [9.17, 15) is 14.4 Å². The Labute approximate surface area is 165 Å². The van der Waals surface area contributed by atoms with Gasteiger partial charge < -0.3 is 9.64 Å². The molecule has 0 aromatic heterocycles. The van der Waals surface area contributed by atoms with Gasteiger partial charge in [0.2, 0.25) is 0 Å². The molecule has 0 spiro atoms. The molecule has 0 saturated carbocycles. The van der Waals surface area contributed by atoms with Crippen LogP contribution in [0, 0.1) is 11.8 Å². The maximum Gasteiger partial charge on any atom is 0.339 e. The van der Waals surface area contributed by atoms with E-state index in [4.69, 9.17) is 4.74 Å². The maximum atomic E-state index is 12.7. The number of amides is 1. The highest BCUT2D eigenvalue weighted by Crippen LogP contribution is 2.21. The Bertz CT molecular complexity index is 852. The number of benzene rings is 2. The fraction of sp³-hybridized carbons (Fsp3) is 0.348. The Morgan fingerprint density at radius 1 is 0.893 bits per heavy atom. The van der Waals surface area contributed by atoms with E-state index in [1.54, 1.807) is 53.4 Å². The van der Waals surface area contributed by atoms with E-state index in [-0.39, 0.29) is 29.4 Å². The minimum Gasteiger partial charge on any atom is -0.452 e. The van der Waals surface area contributed by atoms with Gasteiger partial charge in [-0.1, -0.05) is 62.4 Å². The van der Waals surface area contributed by atoms with Crippen molar-refractivity contribution in [2.24, 2.45) is 11.8 Å². The summed E-state index contributed by atoms with van der Waals surface area (Å²) in [7, 11) is 0. The molecule has 2 aromatic carbocycles. The molecular formula is C23H25NO4. The van der Waals surface area contributed by atoms with Crippen LogP contribution < -0.4 is 0 Å².